The molecule has 0 aromatic carbocycles. The highest BCUT2D eigenvalue weighted by Gasteiger charge is 2.29. The Morgan fingerprint density at radius 3 is 2.66 bits per heavy atom. The van der Waals surface area contributed by atoms with Crippen molar-refractivity contribution in [3.8, 4) is 17.7 Å². The molecule has 0 unspecified atom stereocenters. The van der Waals surface area contributed by atoms with Crippen molar-refractivity contribution < 1.29 is 18.4 Å². The van der Waals surface area contributed by atoms with Crippen molar-refractivity contribution in [3.05, 3.63) is 24.1 Å². The van der Waals surface area contributed by atoms with Crippen molar-refractivity contribution in [3.63, 3.8) is 0 Å². The van der Waals surface area contributed by atoms with Crippen molar-refractivity contribution in [1.29, 1.82) is 5.26 Å². The molecule has 0 aliphatic carbocycles. The van der Waals surface area contributed by atoms with Gasteiger partial charge in [0.15, 0.2) is 5.76 Å². The molecule has 3 heterocycles. The SMILES string of the molecule is CC(C)(C)NC(=O)CNC(=O)C1CCN(c2oc(-c3ccco3)nc2C#N)CC1. The van der Waals surface area contributed by atoms with Crippen LogP contribution in [0.15, 0.2) is 27.2 Å². The van der Waals surface area contributed by atoms with Gasteiger partial charge in [-0.15, -0.1) is 0 Å². The van der Waals surface area contributed by atoms with Gasteiger partial charge in [0.05, 0.1) is 12.8 Å². The number of nitrogens with one attached hydrogen (secondary N) is 2. The van der Waals surface area contributed by atoms with E-state index in [-0.39, 0.29) is 41.4 Å². The molecule has 2 N–H and O–H groups in total. The third-order valence-corrected chi connectivity index (χ3v) is 4.54. The Hall–Kier alpha value is -3.28. The highest BCUT2D eigenvalue weighted by molar-refractivity contribution is 5.86. The summed E-state index contributed by atoms with van der Waals surface area (Å²) in [4.78, 5) is 30.3. The molecule has 0 atom stereocenters. The summed E-state index contributed by atoms with van der Waals surface area (Å²) in [6, 6.07) is 5.48. The third-order valence-electron chi connectivity index (χ3n) is 4.54. The molecular formula is C20H25N5O4. The van der Waals surface area contributed by atoms with Crippen LogP contribution in [-0.4, -0.2) is 42.0 Å². The van der Waals surface area contributed by atoms with Gasteiger partial charge in [-0.05, 0) is 45.7 Å². The topological polar surface area (TPSA) is 124 Å². The van der Waals surface area contributed by atoms with Crippen LogP contribution in [0.3, 0.4) is 0 Å². The predicted octanol–water partition coefficient (Wildman–Crippen LogP) is 2.05. The smallest absolute Gasteiger partial charge is 0.266 e. The Bertz CT molecular complexity index is 896. The summed E-state index contributed by atoms with van der Waals surface area (Å²) in [7, 11) is 0. The van der Waals surface area contributed by atoms with Gasteiger partial charge in [-0.2, -0.15) is 10.2 Å². The van der Waals surface area contributed by atoms with Crippen LogP contribution in [0.4, 0.5) is 5.88 Å². The van der Waals surface area contributed by atoms with Gasteiger partial charge in [-0.25, -0.2) is 0 Å². The van der Waals surface area contributed by atoms with E-state index in [1.54, 1.807) is 12.1 Å². The fraction of sp³-hybridized carbons (Fsp3) is 0.500. The van der Waals surface area contributed by atoms with E-state index in [0.29, 0.717) is 37.6 Å². The van der Waals surface area contributed by atoms with Crippen molar-refractivity contribution in [2.24, 2.45) is 5.92 Å². The first-order valence-corrected chi connectivity index (χ1v) is 9.55. The van der Waals surface area contributed by atoms with Gasteiger partial charge in [0.25, 0.3) is 5.89 Å². The second kappa shape index (κ2) is 8.39. The quantitative estimate of drug-likeness (QED) is 0.788. The first-order valence-electron chi connectivity index (χ1n) is 9.55. The standard InChI is InChI=1S/C20H25N5O4/c1-20(2,3)24-16(26)12-22-17(27)13-6-8-25(9-7-13)19-14(11-21)23-18(29-19)15-5-4-10-28-15/h4-5,10,13H,6-9,12H2,1-3H3,(H,22,27)(H,24,26). The Labute approximate surface area is 169 Å². The zero-order valence-corrected chi connectivity index (χ0v) is 16.8. The molecule has 3 rings (SSSR count). The Morgan fingerprint density at radius 1 is 1.34 bits per heavy atom. The highest BCUT2D eigenvalue weighted by atomic mass is 16.4. The van der Waals surface area contributed by atoms with E-state index in [0.717, 1.165) is 0 Å². The molecule has 1 aliphatic heterocycles. The number of hydrogen-bond acceptors (Lipinski definition) is 7. The molecule has 0 radical (unpaired) electrons. The summed E-state index contributed by atoms with van der Waals surface area (Å²) in [5.41, 5.74) is -0.143. The number of rotatable bonds is 5. The number of carbonyl (C=O) groups is 2. The van der Waals surface area contributed by atoms with Crippen LogP contribution >= 0.6 is 0 Å². The van der Waals surface area contributed by atoms with Crippen molar-refractivity contribution >= 4 is 17.7 Å². The predicted molar refractivity (Wildman–Crippen MR) is 105 cm³/mol. The van der Waals surface area contributed by atoms with Crippen LogP contribution in [0.1, 0.15) is 39.3 Å². The second-order valence-electron chi connectivity index (χ2n) is 8.04. The number of nitrogens with zero attached hydrogens (tertiary/aromatic N) is 3. The zero-order valence-electron chi connectivity index (χ0n) is 16.8. The summed E-state index contributed by atoms with van der Waals surface area (Å²) >= 11 is 0. The van der Waals surface area contributed by atoms with E-state index in [1.165, 1.54) is 6.26 Å². The second-order valence-corrected chi connectivity index (χ2v) is 8.04. The lowest BCUT2D eigenvalue weighted by Crippen LogP contribution is -2.47. The van der Waals surface area contributed by atoms with Gasteiger partial charge in [0.2, 0.25) is 23.4 Å². The lowest BCUT2D eigenvalue weighted by molar-refractivity contribution is -0.129. The number of oxazole rings is 1. The fourth-order valence-corrected chi connectivity index (χ4v) is 3.22. The van der Waals surface area contributed by atoms with Gasteiger partial charge >= 0.3 is 0 Å². The minimum absolute atomic E-state index is 0.0382. The van der Waals surface area contributed by atoms with E-state index in [1.807, 2.05) is 31.7 Å². The Kier molecular flexibility index (Phi) is 5.92. The number of amides is 2. The lowest BCUT2D eigenvalue weighted by Gasteiger charge is -2.31. The summed E-state index contributed by atoms with van der Waals surface area (Å²) in [5, 5.41) is 14.9. The largest absolute Gasteiger partial charge is 0.459 e. The molecule has 9 nitrogen and oxygen atoms in total. The molecule has 29 heavy (non-hydrogen) atoms. The van der Waals surface area contributed by atoms with E-state index in [4.69, 9.17) is 8.83 Å². The molecule has 1 aliphatic rings. The van der Waals surface area contributed by atoms with E-state index in [9.17, 15) is 14.9 Å². The normalized spacial score (nSPS) is 15.0. The van der Waals surface area contributed by atoms with Gasteiger partial charge in [0.1, 0.15) is 6.07 Å². The maximum atomic E-state index is 12.4. The van der Waals surface area contributed by atoms with E-state index < -0.39 is 0 Å². The molecule has 0 spiro atoms. The van der Waals surface area contributed by atoms with Gasteiger partial charge in [-0.3, -0.25) is 9.59 Å². The summed E-state index contributed by atoms with van der Waals surface area (Å²) in [6.45, 7) is 6.72. The van der Waals surface area contributed by atoms with E-state index >= 15 is 0 Å². The number of furan rings is 1. The molecule has 9 heteroatoms. The lowest BCUT2D eigenvalue weighted by atomic mass is 9.96. The highest BCUT2D eigenvalue weighted by Crippen LogP contribution is 2.31. The molecule has 0 saturated carbocycles. The maximum Gasteiger partial charge on any atom is 0.266 e. The number of carbonyl (C=O) groups excluding carboxylic acids is 2. The number of anilines is 1. The maximum absolute atomic E-state index is 12.4. The van der Waals surface area contributed by atoms with Crippen LogP contribution in [-0.2, 0) is 9.59 Å². The Balaban J connectivity index is 1.55. The third kappa shape index (κ3) is 5.16. The first-order chi connectivity index (χ1) is 13.8. The van der Waals surface area contributed by atoms with Gasteiger partial charge in [-0.1, -0.05) is 0 Å². The van der Waals surface area contributed by atoms with Crippen molar-refractivity contribution in [1.82, 2.24) is 15.6 Å². The molecular weight excluding hydrogens is 374 g/mol. The minimum Gasteiger partial charge on any atom is -0.459 e. The monoisotopic (exact) mass is 399 g/mol. The van der Waals surface area contributed by atoms with Gasteiger partial charge < -0.3 is 24.4 Å². The number of nitriles is 1. The van der Waals surface area contributed by atoms with Crippen molar-refractivity contribution in [2.75, 3.05) is 24.5 Å². The molecule has 154 valence electrons. The molecule has 0 bridgehead atoms. The molecule has 1 saturated heterocycles. The fourth-order valence-electron chi connectivity index (χ4n) is 3.22. The first kappa shape index (κ1) is 20.5. The average molecular weight is 399 g/mol. The molecule has 1 fully saturated rings. The number of aromatic nitrogens is 1. The van der Waals surface area contributed by atoms with Crippen LogP contribution < -0.4 is 15.5 Å². The minimum atomic E-state index is -0.336. The number of piperidine rings is 1. The zero-order chi connectivity index (χ0) is 21.0. The number of hydrogen-bond donors (Lipinski definition) is 2. The van der Waals surface area contributed by atoms with Crippen LogP contribution in [0.25, 0.3) is 11.7 Å². The molecule has 2 aromatic heterocycles. The van der Waals surface area contributed by atoms with Crippen LogP contribution in [0, 0.1) is 17.2 Å². The van der Waals surface area contributed by atoms with Crippen LogP contribution in [0.2, 0.25) is 0 Å². The summed E-state index contributed by atoms with van der Waals surface area (Å²) in [6.07, 6.45) is 2.69. The van der Waals surface area contributed by atoms with Gasteiger partial charge in [0, 0.05) is 24.5 Å². The van der Waals surface area contributed by atoms with Crippen molar-refractivity contribution in [2.45, 2.75) is 39.2 Å². The summed E-state index contributed by atoms with van der Waals surface area (Å²) < 4.78 is 11.0. The molecule has 2 aromatic rings. The average Bonchev–Trinajstić information content (AvgIpc) is 3.34. The summed E-state index contributed by atoms with van der Waals surface area (Å²) in [5.74, 6) is 0.563. The Morgan fingerprint density at radius 2 is 2.07 bits per heavy atom. The van der Waals surface area contributed by atoms with Crippen LogP contribution in [0.5, 0.6) is 0 Å². The van der Waals surface area contributed by atoms with E-state index in [2.05, 4.69) is 15.6 Å². The molecule has 2 amide bonds.